The van der Waals surface area contributed by atoms with Crippen LogP contribution in [0.5, 0.6) is 11.5 Å². The summed E-state index contributed by atoms with van der Waals surface area (Å²) in [5, 5.41) is 0. The van der Waals surface area contributed by atoms with E-state index in [2.05, 4.69) is 65.6 Å². The van der Waals surface area contributed by atoms with Gasteiger partial charge in [0.2, 0.25) is 12.7 Å². The summed E-state index contributed by atoms with van der Waals surface area (Å²) in [5.74, 6) is 1.97. The molecule has 0 radical (unpaired) electrons. The van der Waals surface area contributed by atoms with Gasteiger partial charge in [0.1, 0.15) is 0 Å². The molecule has 0 bridgehead atoms. The van der Waals surface area contributed by atoms with Crippen LogP contribution in [-0.4, -0.2) is 30.2 Å². The lowest BCUT2D eigenvalue weighted by molar-refractivity contribution is -0.134. The third kappa shape index (κ3) is 4.50. The Hall–Kier alpha value is -3.27. The average molecular weight is 428 g/mol. The van der Waals surface area contributed by atoms with Crippen molar-refractivity contribution >= 4 is 5.91 Å². The molecule has 0 spiro atoms. The van der Waals surface area contributed by atoms with Crippen molar-refractivity contribution in [3.63, 3.8) is 0 Å². The lowest BCUT2D eigenvalue weighted by Crippen LogP contribution is -2.45. The van der Waals surface area contributed by atoms with E-state index in [4.69, 9.17) is 9.47 Å². The molecule has 1 fully saturated rings. The summed E-state index contributed by atoms with van der Waals surface area (Å²) in [6.45, 7) is 1.09. The second-order valence-electron chi connectivity index (χ2n) is 8.71. The SMILES string of the molecule is O=C(Cc1ccc2c(c1)OCO2)N1CCCCC1CC(c1ccccc1)c1ccccc1. The number of rotatable bonds is 6. The monoisotopic (exact) mass is 427 g/mol. The normalized spacial score (nSPS) is 17.5. The predicted octanol–water partition coefficient (Wildman–Crippen LogP) is 5.56. The first kappa shape index (κ1) is 20.6. The van der Waals surface area contributed by atoms with E-state index in [1.165, 1.54) is 17.5 Å². The van der Waals surface area contributed by atoms with Gasteiger partial charge in [-0.05, 0) is 54.5 Å². The van der Waals surface area contributed by atoms with Crippen molar-refractivity contribution in [2.24, 2.45) is 0 Å². The van der Waals surface area contributed by atoms with Crippen LogP contribution >= 0.6 is 0 Å². The number of hydrogen-bond donors (Lipinski definition) is 0. The Morgan fingerprint density at radius 2 is 1.56 bits per heavy atom. The van der Waals surface area contributed by atoms with Gasteiger partial charge in [-0.1, -0.05) is 66.7 Å². The first-order valence-corrected chi connectivity index (χ1v) is 11.6. The number of benzene rings is 3. The number of likely N-dealkylation sites (tertiary alicyclic amines) is 1. The third-order valence-corrected chi connectivity index (χ3v) is 6.65. The number of ether oxygens (including phenoxy) is 2. The number of nitrogens with zero attached hydrogens (tertiary/aromatic N) is 1. The summed E-state index contributed by atoms with van der Waals surface area (Å²) in [4.78, 5) is 15.5. The van der Waals surface area contributed by atoms with Crippen LogP contribution in [0.25, 0.3) is 0 Å². The second kappa shape index (κ2) is 9.47. The Morgan fingerprint density at radius 3 is 2.28 bits per heavy atom. The first-order valence-electron chi connectivity index (χ1n) is 11.6. The minimum Gasteiger partial charge on any atom is -0.454 e. The quantitative estimate of drug-likeness (QED) is 0.517. The molecule has 1 saturated heterocycles. The van der Waals surface area contributed by atoms with E-state index in [0.29, 0.717) is 6.42 Å². The maximum Gasteiger partial charge on any atom is 0.231 e. The van der Waals surface area contributed by atoms with Crippen molar-refractivity contribution in [1.29, 1.82) is 0 Å². The van der Waals surface area contributed by atoms with E-state index >= 15 is 0 Å². The number of carbonyl (C=O) groups is 1. The van der Waals surface area contributed by atoms with E-state index in [1.54, 1.807) is 0 Å². The van der Waals surface area contributed by atoms with Crippen molar-refractivity contribution in [3.8, 4) is 11.5 Å². The summed E-state index contributed by atoms with van der Waals surface area (Å²) in [6.07, 6.45) is 4.65. The fourth-order valence-electron chi connectivity index (χ4n) is 5.01. The van der Waals surface area contributed by atoms with Crippen LogP contribution < -0.4 is 9.47 Å². The standard InChI is InChI=1S/C28H29NO3/c30-28(18-21-14-15-26-27(17-21)32-20-31-26)29-16-8-7-13-24(29)19-25(22-9-3-1-4-10-22)23-11-5-2-6-12-23/h1-6,9-12,14-15,17,24-25H,7-8,13,16,18-20H2. The summed E-state index contributed by atoms with van der Waals surface area (Å²) in [5.41, 5.74) is 3.60. The number of hydrogen-bond acceptors (Lipinski definition) is 3. The highest BCUT2D eigenvalue weighted by molar-refractivity contribution is 5.79. The smallest absolute Gasteiger partial charge is 0.231 e. The molecule has 1 atom stereocenters. The van der Waals surface area contributed by atoms with Crippen molar-refractivity contribution in [3.05, 3.63) is 95.6 Å². The Morgan fingerprint density at radius 1 is 0.875 bits per heavy atom. The Bertz CT molecular complexity index is 1010. The van der Waals surface area contributed by atoms with Gasteiger partial charge >= 0.3 is 0 Å². The Kier molecular flexibility index (Phi) is 6.11. The van der Waals surface area contributed by atoms with E-state index in [-0.39, 0.29) is 24.7 Å². The Balaban J connectivity index is 1.35. The minimum atomic E-state index is 0.202. The van der Waals surface area contributed by atoms with Gasteiger partial charge in [0.05, 0.1) is 6.42 Å². The molecule has 0 N–H and O–H groups in total. The van der Waals surface area contributed by atoms with Crippen molar-refractivity contribution < 1.29 is 14.3 Å². The lowest BCUT2D eigenvalue weighted by atomic mass is 9.83. The average Bonchev–Trinajstić information content (AvgIpc) is 3.32. The van der Waals surface area contributed by atoms with Gasteiger partial charge in [-0.15, -0.1) is 0 Å². The van der Waals surface area contributed by atoms with Gasteiger partial charge in [-0.3, -0.25) is 4.79 Å². The van der Waals surface area contributed by atoms with Crippen LogP contribution in [0.3, 0.4) is 0 Å². The van der Waals surface area contributed by atoms with Crippen LogP contribution in [-0.2, 0) is 11.2 Å². The minimum absolute atomic E-state index is 0.202. The fraction of sp³-hybridized carbons (Fsp3) is 0.321. The Labute approximate surface area is 189 Å². The van der Waals surface area contributed by atoms with E-state index in [0.717, 1.165) is 42.9 Å². The molecule has 0 aromatic heterocycles. The predicted molar refractivity (Wildman–Crippen MR) is 125 cm³/mol. The zero-order valence-electron chi connectivity index (χ0n) is 18.3. The highest BCUT2D eigenvalue weighted by Gasteiger charge is 2.30. The van der Waals surface area contributed by atoms with Crippen LogP contribution in [0, 0.1) is 0 Å². The molecule has 32 heavy (non-hydrogen) atoms. The van der Waals surface area contributed by atoms with E-state index in [9.17, 15) is 4.79 Å². The number of fused-ring (bicyclic) bond motifs is 1. The zero-order valence-corrected chi connectivity index (χ0v) is 18.3. The van der Waals surface area contributed by atoms with Gasteiger partial charge in [0, 0.05) is 18.5 Å². The highest BCUT2D eigenvalue weighted by Crippen LogP contribution is 2.35. The van der Waals surface area contributed by atoms with Gasteiger partial charge in [-0.2, -0.15) is 0 Å². The molecular formula is C28H29NO3. The van der Waals surface area contributed by atoms with Crippen molar-refractivity contribution in [1.82, 2.24) is 4.90 Å². The molecule has 5 rings (SSSR count). The number of amides is 1. The first-order chi connectivity index (χ1) is 15.8. The van der Waals surface area contributed by atoms with Crippen LogP contribution in [0.1, 0.15) is 48.3 Å². The summed E-state index contributed by atoms with van der Waals surface area (Å²) in [6, 6.07) is 27.4. The van der Waals surface area contributed by atoms with Crippen LogP contribution in [0.15, 0.2) is 78.9 Å². The summed E-state index contributed by atoms with van der Waals surface area (Å²) < 4.78 is 10.9. The van der Waals surface area contributed by atoms with Crippen molar-refractivity contribution in [2.75, 3.05) is 13.3 Å². The van der Waals surface area contributed by atoms with Crippen LogP contribution in [0.2, 0.25) is 0 Å². The van der Waals surface area contributed by atoms with E-state index < -0.39 is 0 Å². The van der Waals surface area contributed by atoms with Gasteiger partial charge in [0.25, 0.3) is 0 Å². The van der Waals surface area contributed by atoms with Gasteiger partial charge in [0.15, 0.2) is 11.5 Å². The molecule has 164 valence electrons. The lowest BCUT2D eigenvalue weighted by Gasteiger charge is -2.38. The zero-order chi connectivity index (χ0) is 21.8. The number of carbonyl (C=O) groups excluding carboxylic acids is 1. The molecule has 4 heteroatoms. The topological polar surface area (TPSA) is 38.8 Å². The molecule has 1 amide bonds. The van der Waals surface area contributed by atoms with Crippen LogP contribution in [0.4, 0.5) is 0 Å². The molecular weight excluding hydrogens is 398 g/mol. The van der Waals surface area contributed by atoms with Crippen molar-refractivity contribution in [2.45, 2.75) is 44.1 Å². The van der Waals surface area contributed by atoms with Gasteiger partial charge < -0.3 is 14.4 Å². The molecule has 2 aliphatic heterocycles. The van der Waals surface area contributed by atoms with E-state index in [1.807, 2.05) is 18.2 Å². The molecule has 3 aromatic carbocycles. The molecule has 1 unspecified atom stereocenters. The second-order valence-corrected chi connectivity index (χ2v) is 8.71. The fourth-order valence-corrected chi connectivity index (χ4v) is 5.01. The third-order valence-electron chi connectivity index (χ3n) is 6.65. The highest BCUT2D eigenvalue weighted by atomic mass is 16.7. The maximum absolute atomic E-state index is 13.4. The molecule has 0 aliphatic carbocycles. The molecule has 2 aliphatic rings. The largest absolute Gasteiger partial charge is 0.454 e. The molecule has 4 nitrogen and oxygen atoms in total. The summed E-state index contributed by atoms with van der Waals surface area (Å²) in [7, 11) is 0. The molecule has 0 saturated carbocycles. The van der Waals surface area contributed by atoms with Gasteiger partial charge in [-0.25, -0.2) is 0 Å². The maximum atomic E-state index is 13.4. The molecule has 2 heterocycles. The summed E-state index contributed by atoms with van der Waals surface area (Å²) >= 11 is 0. The number of piperidine rings is 1. The molecule has 3 aromatic rings.